The molecule has 0 unspecified atom stereocenters. The first-order chi connectivity index (χ1) is 11.4. The van der Waals surface area contributed by atoms with Crippen molar-refractivity contribution in [2.75, 3.05) is 4.90 Å². The summed E-state index contributed by atoms with van der Waals surface area (Å²) in [5.41, 5.74) is 1.37. The van der Waals surface area contributed by atoms with E-state index in [0.29, 0.717) is 10.7 Å². The molecule has 24 heavy (non-hydrogen) atoms. The van der Waals surface area contributed by atoms with Crippen molar-refractivity contribution in [2.24, 2.45) is 0 Å². The molecule has 0 aliphatic carbocycles. The van der Waals surface area contributed by atoms with Crippen LogP contribution in [0.2, 0.25) is 5.02 Å². The van der Waals surface area contributed by atoms with Crippen molar-refractivity contribution in [1.82, 2.24) is 5.32 Å². The minimum atomic E-state index is -1.02. The molecule has 1 heterocycles. The zero-order valence-corrected chi connectivity index (χ0v) is 14.0. The molecule has 0 aromatic heterocycles. The summed E-state index contributed by atoms with van der Waals surface area (Å²) in [7, 11) is 0. The van der Waals surface area contributed by atoms with Crippen molar-refractivity contribution in [3.63, 3.8) is 0 Å². The van der Waals surface area contributed by atoms with E-state index >= 15 is 0 Å². The number of carbonyl (C=O) groups is 1. The van der Waals surface area contributed by atoms with Gasteiger partial charge in [0, 0.05) is 10.6 Å². The van der Waals surface area contributed by atoms with Gasteiger partial charge in [-0.05, 0) is 55.0 Å². The smallest absolute Gasteiger partial charge is 0.281 e. The summed E-state index contributed by atoms with van der Waals surface area (Å²) in [6.07, 6.45) is 1.23. The monoisotopic (exact) mass is 364 g/mol. The third kappa shape index (κ3) is 2.90. The number of hydrogen-bond acceptors (Lipinski definition) is 2. The largest absolute Gasteiger partial charge is 0.327 e. The van der Waals surface area contributed by atoms with Gasteiger partial charge in [-0.25, -0.2) is 8.78 Å². The molecule has 3 rings (SSSR count). The summed E-state index contributed by atoms with van der Waals surface area (Å²) in [4.78, 5) is 13.9. The number of anilines is 1. The maximum absolute atomic E-state index is 13.8. The SMILES string of the molecule is Cc1cc(Cl)ccc1N1C(=O)C(=Cc2cccc(F)c2F)NC1=S. The molecule has 1 saturated heterocycles. The molecular formula is C17H11ClF2N2OS. The molecule has 3 nitrogen and oxygen atoms in total. The van der Waals surface area contributed by atoms with Crippen LogP contribution in [0.15, 0.2) is 42.1 Å². The van der Waals surface area contributed by atoms with E-state index in [0.717, 1.165) is 11.6 Å². The summed E-state index contributed by atoms with van der Waals surface area (Å²) < 4.78 is 27.1. The Hall–Kier alpha value is -2.31. The molecular weight excluding hydrogens is 354 g/mol. The van der Waals surface area contributed by atoms with E-state index in [9.17, 15) is 13.6 Å². The van der Waals surface area contributed by atoms with E-state index in [2.05, 4.69) is 5.32 Å². The lowest BCUT2D eigenvalue weighted by Gasteiger charge is -2.16. The molecule has 0 spiro atoms. The molecule has 1 aliphatic heterocycles. The van der Waals surface area contributed by atoms with Gasteiger partial charge in [-0.3, -0.25) is 9.69 Å². The number of hydrogen-bond donors (Lipinski definition) is 1. The average Bonchev–Trinajstić information content (AvgIpc) is 2.79. The Morgan fingerprint density at radius 3 is 2.71 bits per heavy atom. The van der Waals surface area contributed by atoms with Crippen LogP contribution in [-0.2, 0) is 4.79 Å². The Balaban J connectivity index is 2.00. The summed E-state index contributed by atoms with van der Waals surface area (Å²) in [6, 6.07) is 8.78. The zero-order valence-electron chi connectivity index (χ0n) is 12.4. The Kier molecular flexibility index (Phi) is 4.34. The number of amides is 1. The highest BCUT2D eigenvalue weighted by Gasteiger charge is 2.33. The first-order valence-corrected chi connectivity index (χ1v) is 7.74. The van der Waals surface area contributed by atoms with Crippen LogP contribution in [0.3, 0.4) is 0 Å². The Morgan fingerprint density at radius 2 is 2.00 bits per heavy atom. The fourth-order valence-corrected chi connectivity index (χ4v) is 2.93. The maximum atomic E-state index is 13.8. The molecule has 1 fully saturated rings. The predicted octanol–water partition coefficient (Wildman–Crippen LogP) is 4.19. The van der Waals surface area contributed by atoms with Gasteiger partial charge >= 0.3 is 0 Å². The quantitative estimate of drug-likeness (QED) is 0.640. The topological polar surface area (TPSA) is 32.3 Å². The normalized spacial score (nSPS) is 16.0. The molecule has 2 aromatic carbocycles. The van der Waals surface area contributed by atoms with Crippen molar-refractivity contribution in [3.05, 3.63) is 69.9 Å². The second kappa shape index (κ2) is 6.30. The molecule has 0 bridgehead atoms. The van der Waals surface area contributed by atoms with E-state index in [1.807, 2.05) is 0 Å². The minimum Gasteiger partial charge on any atom is -0.327 e. The zero-order chi connectivity index (χ0) is 17.4. The van der Waals surface area contributed by atoms with Gasteiger partial charge in [-0.15, -0.1) is 0 Å². The van der Waals surface area contributed by atoms with Crippen LogP contribution in [0.1, 0.15) is 11.1 Å². The van der Waals surface area contributed by atoms with Crippen LogP contribution in [-0.4, -0.2) is 11.0 Å². The Bertz CT molecular complexity index is 898. The number of rotatable bonds is 2. The molecule has 1 amide bonds. The fraction of sp³-hybridized carbons (Fsp3) is 0.0588. The first kappa shape index (κ1) is 16.5. The molecule has 2 aromatic rings. The molecule has 0 saturated carbocycles. The highest BCUT2D eigenvalue weighted by Crippen LogP contribution is 2.28. The Morgan fingerprint density at radius 1 is 1.25 bits per heavy atom. The number of aryl methyl sites for hydroxylation is 1. The van der Waals surface area contributed by atoms with Crippen LogP contribution in [0.25, 0.3) is 6.08 Å². The van der Waals surface area contributed by atoms with Crippen LogP contribution in [0, 0.1) is 18.6 Å². The molecule has 0 radical (unpaired) electrons. The summed E-state index contributed by atoms with van der Waals surface area (Å²) in [5.74, 6) is -2.46. The van der Waals surface area contributed by atoms with Gasteiger partial charge in [0.25, 0.3) is 5.91 Å². The average molecular weight is 365 g/mol. The summed E-state index contributed by atoms with van der Waals surface area (Å²) in [6.45, 7) is 1.80. The molecule has 122 valence electrons. The van der Waals surface area contributed by atoms with E-state index < -0.39 is 17.5 Å². The third-order valence-electron chi connectivity index (χ3n) is 3.56. The van der Waals surface area contributed by atoms with E-state index in [4.69, 9.17) is 23.8 Å². The number of thiocarbonyl (C=S) groups is 1. The lowest BCUT2D eigenvalue weighted by atomic mass is 10.1. The van der Waals surface area contributed by atoms with Crippen molar-refractivity contribution in [1.29, 1.82) is 0 Å². The predicted molar refractivity (Wildman–Crippen MR) is 93.7 cm³/mol. The number of nitrogens with zero attached hydrogens (tertiary/aromatic N) is 1. The van der Waals surface area contributed by atoms with Crippen LogP contribution >= 0.6 is 23.8 Å². The standard InChI is InChI=1S/C17H11ClF2N2OS/c1-9-7-11(18)5-6-14(9)22-16(23)13(21-17(22)24)8-10-3-2-4-12(19)15(10)20/h2-8H,1H3,(H,21,24). The van der Waals surface area contributed by atoms with Crippen molar-refractivity contribution in [2.45, 2.75) is 6.92 Å². The van der Waals surface area contributed by atoms with Gasteiger partial charge in [0.15, 0.2) is 16.7 Å². The van der Waals surface area contributed by atoms with E-state index in [-0.39, 0.29) is 16.4 Å². The molecule has 7 heteroatoms. The lowest BCUT2D eigenvalue weighted by molar-refractivity contribution is -0.113. The highest BCUT2D eigenvalue weighted by molar-refractivity contribution is 7.80. The van der Waals surface area contributed by atoms with Gasteiger partial charge < -0.3 is 5.32 Å². The third-order valence-corrected chi connectivity index (χ3v) is 4.08. The molecule has 1 aliphatic rings. The van der Waals surface area contributed by atoms with E-state index in [1.54, 1.807) is 25.1 Å². The maximum Gasteiger partial charge on any atom is 0.281 e. The number of nitrogens with one attached hydrogen (secondary N) is 1. The van der Waals surface area contributed by atoms with Gasteiger partial charge in [0.1, 0.15) is 5.70 Å². The number of benzene rings is 2. The van der Waals surface area contributed by atoms with E-state index in [1.165, 1.54) is 23.1 Å². The van der Waals surface area contributed by atoms with Crippen molar-refractivity contribution in [3.8, 4) is 0 Å². The molecule has 1 N–H and O–H groups in total. The van der Waals surface area contributed by atoms with Crippen LogP contribution in [0.4, 0.5) is 14.5 Å². The highest BCUT2D eigenvalue weighted by atomic mass is 35.5. The van der Waals surface area contributed by atoms with Gasteiger partial charge in [-0.1, -0.05) is 23.7 Å². The van der Waals surface area contributed by atoms with Crippen molar-refractivity contribution >= 4 is 46.6 Å². The van der Waals surface area contributed by atoms with Crippen LogP contribution < -0.4 is 10.2 Å². The number of halogens is 3. The molecule has 0 atom stereocenters. The first-order valence-electron chi connectivity index (χ1n) is 6.96. The summed E-state index contributed by atoms with van der Waals surface area (Å²) >= 11 is 11.1. The second-order valence-corrected chi connectivity index (χ2v) is 6.03. The van der Waals surface area contributed by atoms with Gasteiger partial charge in [0.05, 0.1) is 5.69 Å². The lowest BCUT2D eigenvalue weighted by Crippen LogP contribution is -2.30. The number of carbonyl (C=O) groups excluding carboxylic acids is 1. The second-order valence-electron chi connectivity index (χ2n) is 5.20. The fourth-order valence-electron chi connectivity index (χ4n) is 2.41. The minimum absolute atomic E-state index is 0.0386. The van der Waals surface area contributed by atoms with Gasteiger partial charge in [-0.2, -0.15) is 0 Å². The van der Waals surface area contributed by atoms with Crippen LogP contribution in [0.5, 0.6) is 0 Å². The van der Waals surface area contributed by atoms with Crippen molar-refractivity contribution < 1.29 is 13.6 Å². The Labute approximate surface area is 147 Å². The summed E-state index contributed by atoms with van der Waals surface area (Å²) in [5, 5.41) is 3.44. The van der Waals surface area contributed by atoms with Gasteiger partial charge in [0.2, 0.25) is 0 Å².